The zero-order valence-corrected chi connectivity index (χ0v) is 8.54. The van der Waals surface area contributed by atoms with Crippen LogP contribution in [0, 0.1) is 5.92 Å². The molecule has 1 aliphatic carbocycles. The molecule has 0 spiro atoms. The minimum atomic E-state index is -0.233. The van der Waals surface area contributed by atoms with Crippen molar-refractivity contribution in [3.8, 4) is 0 Å². The van der Waals surface area contributed by atoms with Gasteiger partial charge in [0.2, 0.25) is 5.91 Å². The predicted octanol–water partition coefficient (Wildman–Crippen LogP) is 1.56. The lowest BCUT2D eigenvalue weighted by Crippen LogP contribution is -2.24. The fourth-order valence-corrected chi connectivity index (χ4v) is 1.25. The van der Waals surface area contributed by atoms with Gasteiger partial charge < -0.3 is 5.32 Å². The van der Waals surface area contributed by atoms with E-state index in [1.54, 1.807) is 0 Å². The summed E-state index contributed by atoms with van der Waals surface area (Å²) < 4.78 is 0. The number of hydrogen-bond donors (Lipinski definition) is 1. The second kappa shape index (κ2) is 4.74. The molecule has 0 aromatic rings. The minimum Gasteiger partial charge on any atom is -0.326 e. The number of rotatable bonds is 3. The average molecular weight is 193 g/mol. The van der Waals surface area contributed by atoms with Gasteiger partial charge in [0.1, 0.15) is 5.78 Å². The van der Waals surface area contributed by atoms with Crippen LogP contribution in [0.4, 0.5) is 0 Å². The van der Waals surface area contributed by atoms with Crippen molar-refractivity contribution in [1.29, 1.82) is 0 Å². The smallest absolute Gasteiger partial charge is 0.231 e. The van der Waals surface area contributed by atoms with Gasteiger partial charge in [-0.15, -0.1) is 0 Å². The third-order valence-corrected chi connectivity index (χ3v) is 2.01. The van der Waals surface area contributed by atoms with Gasteiger partial charge in [-0.1, -0.05) is 19.1 Å². The van der Waals surface area contributed by atoms with E-state index in [1.165, 1.54) is 6.92 Å². The Morgan fingerprint density at radius 3 is 2.79 bits per heavy atom. The van der Waals surface area contributed by atoms with Gasteiger partial charge in [-0.3, -0.25) is 9.59 Å². The molecule has 0 fully saturated rings. The van der Waals surface area contributed by atoms with Crippen LogP contribution in [0.25, 0.3) is 0 Å². The van der Waals surface area contributed by atoms with Gasteiger partial charge in [0.25, 0.3) is 0 Å². The highest BCUT2D eigenvalue weighted by Crippen LogP contribution is 2.13. The zero-order valence-electron chi connectivity index (χ0n) is 8.54. The predicted molar refractivity (Wildman–Crippen MR) is 54.4 cm³/mol. The Balaban J connectivity index is 2.42. The highest BCUT2D eigenvalue weighted by atomic mass is 16.2. The molecule has 0 saturated carbocycles. The Morgan fingerprint density at radius 1 is 1.57 bits per heavy atom. The van der Waals surface area contributed by atoms with Crippen molar-refractivity contribution in [2.24, 2.45) is 5.92 Å². The standard InChI is InChI=1S/C11H15NO2/c1-8-3-5-10(6-4-8)12-11(14)7-9(2)13/h3,5-6,8H,4,7H2,1-2H3,(H,12,14). The lowest BCUT2D eigenvalue weighted by molar-refractivity contribution is -0.126. The first-order valence-corrected chi connectivity index (χ1v) is 4.75. The largest absolute Gasteiger partial charge is 0.326 e. The summed E-state index contributed by atoms with van der Waals surface area (Å²) in [5.74, 6) is 0.183. The first kappa shape index (κ1) is 10.7. The molecule has 0 radical (unpaired) electrons. The summed E-state index contributed by atoms with van der Waals surface area (Å²) in [5, 5.41) is 2.69. The van der Waals surface area contributed by atoms with Gasteiger partial charge >= 0.3 is 0 Å². The van der Waals surface area contributed by atoms with E-state index in [2.05, 4.69) is 12.2 Å². The third kappa shape index (κ3) is 3.56. The number of carbonyl (C=O) groups excluding carboxylic acids is 2. The van der Waals surface area contributed by atoms with E-state index < -0.39 is 0 Å². The summed E-state index contributed by atoms with van der Waals surface area (Å²) in [6.45, 7) is 3.52. The summed E-state index contributed by atoms with van der Waals surface area (Å²) >= 11 is 0. The summed E-state index contributed by atoms with van der Waals surface area (Å²) in [4.78, 5) is 21.8. The molecule has 1 amide bonds. The Labute approximate surface area is 83.9 Å². The topological polar surface area (TPSA) is 46.2 Å². The van der Waals surface area contributed by atoms with E-state index in [9.17, 15) is 9.59 Å². The molecule has 0 heterocycles. The molecule has 14 heavy (non-hydrogen) atoms. The molecule has 0 saturated heterocycles. The second-order valence-corrected chi connectivity index (χ2v) is 3.66. The van der Waals surface area contributed by atoms with Crippen LogP contribution in [0.3, 0.4) is 0 Å². The van der Waals surface area contributed by atoms with Crippen LogP contribution in [0.2, 0.25) is 0 Å². The van der Waals surface area contributed by atoms with Crippen LogP contribution < -0.4 is 5.32 Å². The van der Waals surface area contributed by atoms with Crippen molar-refractivity contribution in [2.75, 3.05) is 0 Å². The molecule has 76 valence electrons. The number of hydrogen-bond acceptors (Lipinski definition) is 2. The number of amides is 1. The Morgan fingerprint density at radius 2 is 2.29 bits per heavy atom. The Bertz CT molecular complexity index is 302. The summed E-state index contributed by atoms with van der Waals surface area (Å²) in [6, 6.07) is 0. The van der Waals surface area contributed by atoms with E-state index in [-0.39, 0.29) is 18.1 Å². The van der Waals surface area contributed by atoms with Crippen LogP contribution in [0.1, 0.15) is 26.7 Å². The molecular weight excluding hydrogens is 178 g/mol. The zero-order chi connectivity index (χ0) is 10.6. The highest BCUT2D eigenvalue weighted by molar-refractivity contribution is 5.97. The Hall–Kier alpha value is -1.38. The first-order chi connectivity index (χ1) is 6.58. The number of carbonyl (C=O) groups is 2. The molecule has 3 nitrogen and oxygen atoms in total. The summed E-state index contributed by atoms with van der Waals surface area (Å²) in [7, 11) is 0. The molecule has 0 aromatic carbocycles. The molecule has 1 unspecified atom stereocenters. The summed E-state index contributed by atoms with van der Waals surface area (Å²) in [5.41, 5.74) is 0.800. The van der Waals surface area contributed by atoms with Crippen LogP contribution in [-0.4, -0.2) is 11.7 Å². The molecular formula is C11H15NO2. The lowest BCUT2D eigenvalue weighted by Gasteiger charge is -2.12. The van der Waals surface area contributed by atoms with Gasteiger partial charge in [0.15, 0.2) is 0 Å². The lowest BCUT2D eigenvalue weighted by atomic mass is 10.0. The molecule has 3 heteroatoms. The average Bonchev–Trinajstić information content (AvgIpc) is 2.07. The van der Waals surface area contributed by atoms with Crippen LogP contribution in [0.5, 0.6) is 0 Å². The SMILES string of the molecule is CC(=O)CC(=O)NC1=CCC(C)C=C1. The van der Waals surface area contributed by atoms with Gasteiger partial charge in [-0.25, -0.2) is 0 Å². The van der Waals surface area contributed by atoms with Crippen molar-refractivity contribution in [3.63, 3.8) is 0 Å². The molecule has 1 atom stereocenters. The molecule has 0 aliphatic heterocycles. The van der Waals surface area contributed by atoms with Gasteiger partial charge in [-0.2, -0.15) is 0 Å². The second-order valence-electron chi connectivity index (χ2n) is 3.66. The monoisotopic (exact) mass is 193 g/mol. The van der Waals surface area contributed by atoms with Gasteiger partial charge in [-0.05, 0) is 25.3 Å². The van der Waals surface area contributed by atoms with Crippen LogP contribution in [-0.2, 0) is 9.59 Å². The van der Waals surface area contributed by atoms with E-state index >= 15 is 0 Å². The number of nitrogens with one attached hydrogen (secondary N) is 1. The van der Waals surface area contributed by atoms with Gasteiger partial charge in [0.05, 0.1) is 6.42 Å². The normalized spacial score (nSPS) is 20.1. The molecule has 0 aromatic heterocycles. The van der Waals surface area contributed by atoms with Crippen LogP contribution in [0.15, 0.2) is 23.9 Å². The third-order valence-electron chi connectivity index (χ3n) is 2.01. The van der Waals surface area contributed by atoms with Crippen molar-refractivity contribution in [2.45, 2.75) is 26.7 Å². The molecule has 1 aliphatic rings. The van der Waals surface area contributed by atoms with Crippen molar-refractivity contribution < 1.29 is 9.59 Å². The maximum atomic E-state index is 11.2. The maximum absolute atomic E-state index is 11.2. The van der Waals surface area contributed by atoms with Crippen LogP contribution >= 0.6 is 0 Å². The van der Waals surface area contributed by atoms with E-state index in [4.69, 9.17) is 0 Å². The van der Waals surface area contributed by atoms with E-state index in [1.807, 2.05) is 18.2 Å². The highest BCUT2D eigenvalue weighted by Gasteiger charge is 2.08. The van der Waals surface area contributed by atoms with Crippen molar-refractivity contribution in [1.82, 2.24) is 5.32 Å². The van der Waals surface area contributed by atoms with Crippen molar-refractivity contribution >= 4 is 11.7 Å². The number of allylic oxidation sites excluding steroid dienone is 3. The molecule has 0 bridgehead atoms. The number of ketones is 1. The maximum Gasteiger partial charge on any atom is 0.231 e. The van der Waals surface area contributed by atoms with E-state index in [0.717, 1.165) is 12.1 Å². The molecule has 1 rings (SSSR count). The fraction of sp³-hybridized carbons (Fsp3) is 0.455. The first-order valence-electron chi connectivity index (χ1n) is 4.75. The van der Waals surface area contributed by atoms with Gasteiger partial charge in [0, 0.05) is 5.70 Å². The van der Waals surface area contributed by atoms with Crippen molar-refractivity contribution in [3.05, 3.63) is 23.9 Å². The minimum absolute atomic E-state index is 0.0409. The summed E-state index contributed by atoms with van der Waals surface area (Å²) in [6.07, 6.45) is 6.80. The number of Topliss-reactive ketones (excluding diaryl/α,β-unsaturated/α-hetero) is 1. The van der Waals surface area contributed by atoms with E-state index in [0.29, 0.717) is 5.92 Å². The molecule has 1 N–H and O–H groups in total. The quantitative estimate of drug-likeness (QED) is 0.691. The Kier molecular flexibility index (Phi) is 3.63. The fourth-order valence-electron chi connectivity index (χ4n) is 1.25.